The number of halogens is 1. The highest BCUT2D eigenvalue weighted by Crippen LogP contribution is 2.20. The van der Waals surface area contributed by atoms with E-state index in [2.05, 4.69) is 32.0 Å². The van der Waals surface area contributed by atoms with Crippen molar-refractivity contribution in [1.82, 2.24) is 20.2 Å². The van der Waals surface area contributed by atoms with Crippen molar-refractivity contribution in [2.24, 2.45) is 0 Å². The molecule has 3 heterocycles. The lowest BCUT2D eigenvalue weighted by molar-refractivity contribution is 0.0944. The number of hydrogen-bond donors (Lipinski definition) is 1. The Morgan fingerprint density at radius 3 is 2.80 bits per heavy atom. The minimum atomic E-state index is -0.209. The van der Waals surface area contributed by atoms with Crippen LogP contribution in [0.5, 0.6) is 0 Å². The highest BCUT2D eigenvalue weighted by molar-refractivity contribution is 6.33. The molecule has 1 amide bonds. The van der Waals surface area contributed by atoms with Crippen LogP contribution in [-0.4, -0.2) is 59.5 Å². The lowest BCUT2D eigenvalue weighted by Crippen LogP contribution is -2.39. The number of nitrogens with zero attached hydrogens (tertiary/aromatic N) is 4. The molecule has 0 aliphatic carbocycles. The smallest absolute Gasteiger partial charge is 0.271 e. The Bertz CT molecular complexity index is 591. The Hall–Kier alpha value is -1.40. The summed E-state index contributed by atoms with van der Waals surface area (Å²) in [4.78, 5) is 25.7. The molecule has 3 rings (SSSR count). The zero-order chi connectivity index (χ0) is 17.6. The average Bonchev–Trinajstić information content (AvgIpc) is 3.15. The monoisotopic (exact) mass is 365 g/mol. The van der Waals surface area contributed by atoms with Crippen LogP contribution in [0, 0.1) is 0 Å². The molecule has 6 nitrogen and oxygen atoms in total. The van der Waals surface area contributed by atoms with E-state index in [4.69, 9.17) is 11.6 Å². The molecule has 0 bridgehead atoms. The van der Waals surface area contributed by atoms with Gasteiger partial charge in [-0.3, -0.25) is 4.79 Å². The minimum Gasteiger partial charge on any atom is -0.351 e. The standard InChI is InChI=1S/C18H28ClN5O/c1-14-7-2-3-9-23(14)12-6-8-20-17(25)16-15(19)13-21-18(22-16)24-10-4-5-11-24/h13-14H,2-12H2,1H3,(H,20,25)/t14-/m1/s1. The van der Waals surface area contributed by atoms with Gasteiger partial charge in [0.25, 0.3) is 5.91 Å². The molecule has 0 unspecified atom stereocenters. The summed E-state index contributed by atoms with van der Waals surface area (Å²) in [5.41, 5.74) is 0.282. The summed E-state index contributed by atoms with van der Waals surface area (Å²) in [6.07, 6.45) is 8.66. The van der Waals surface area contributed by atoms with Crippen molar-refractivity contribution in [1.29, 1.82) is 0 Å². The van der Waals surface area contributed by atoms with Crippen LogP contribution in [0.4, 0.5) is 5.95 Å². The Kier molecular flexibility index (Phi) is 6.48. The summed E-state index contributed by atoms with van der Waals surface area (Å²) in [5, 5.41) is 3.26. The Morgan fingerprint density at radius 1 is 1.28 bits per heavy atom. The van der Waals surface area contributed by atoms with Gasteiger partial charge >= 0.3 is 0 Å². The summed E-state index contributed by atoms with van der Waals surface area (Å²) in [6, 6.07) is 0.656. The topological polar surface area (TPSA) is 61.4 Å². The van der Waals surface area contributed by atoms with E-state index < -0.39 is 0 Å². The molecule has 2 aliphatic heterocycles. The van der Waals surface area contributed by atoms with Gasteiger partial charge in [0, 0.05) is 32.2 Å². The maximum absolute atomic E-state index is 12.4. The van der Waals surface area contributed by atoms with Crippen LogP contribution in [0.15, 0.2) is 6.20 Å². The molecule has 2 saturated heterocycles. The van der Waals surface area contributed by atoms with Gasteiger partial charge in [-0.25, -0.2) is 9.97 Å². The predicted molar refractivity (Wildman–Crippen MR) is 100 cm³/mol. The number of piperidine rings is 1. The summed E-state index contributed by atoms with van der Waals surface area (Å²) in [5.74, 6) is 0.397. The number of nitrogens with one attached hydrogen (secondary N) is 1. The Balaban J connectivity index is 1.49. The zero-order valence-corrected chi connectivity index (χ0v) is 15.8. The van der Waals surface area contributed by atoms with Crippen LogP contribution in [0.1, 0.15) is 55.9 Å². The van der Waals surface area contributed by atoms with Gasteiger partial charge in [-0.05, 0) is 45.6 Å². The Labute approximate surface area is 155 Å². The van der Waals surface area contributed by atoms with Gasteiger partial charge in [0.1, 0.15) is 0 Å². The average molecular weight is 366 g/mol. The van der Waals surface area contributed by atoms with Crippen molar-refractivity contribution >= 4 is 23.5 Å². The quantitative estimate of drug-likeness (QED) is 0.785. The second kappa shape index (κ2) is 8.81. The number of likely N-dealkylation sites (tertiary alicyclic amines) is 1. The first kappa shape index (κ1) is 18.4. The third-order valence-corrected chi connectivity index (χ3v) is 5.46. The van der Waals surface area contributed by atoms with Gasteiger partial charge < -0.3 is 15.1 Å². The zero-order valence-electron chi connectivity index (χ0n) is 15.0. The van der Waals surface area contributed by atoms with Crippen molar-refractivity contribution in [3.8, 4) is 0 Å². The van der Waals surface area contributed by atoms with Gasteiger partial charge in [-0.15, -0.1) is 0 Å². The fourth-order valence-electron chi connectivity index (χ4n) is 3.64. The van der Waals surface area contributed by atoms with Gasteiger partial charge in [-0.1, -0.05) is 18.0 Å². The van der Waals surface area contributed by atoms with Gasteiger partial charge in [0.15, 0.2) is 5.69 Å². The third kappa shape index (κ3) is 4.82. The van der Waals surface area contributed by atoms with Crippen molar-refractivity contribution in [2.75, 3.05) is 37.6 Å². The number of amides is 1. The fraction of sp³-hybridized carbons (Fsp3) is 0.722. The first-order valence-corrected chi connectivity index (χ1v) is 9.82. The number of anilines is 1. The van der Waals surface area contributed by atoms with E-state index in [9.17, 15) is 4.79 Å². The van der Waals surface area contributed by atoms with E-state index in [1.165, 1.54) is 32.0 Å². The number of hydrogen-bond acceptors (Lipinski definition) is 5. The molecular weight excluding hydrogens is 338 g/mol. The number of carbonyl (C=O) groups excluding carboxylic acids is 1. The van der Waals surface area contributed by atoms with Gasteiger partial charge in [-0.2, -0.15) is 0 Å². The van der Waals surface area contributed by atoms with Crippen LogP contribution in [0.2, 0.25) is 5.02 Å². The number of aromatic nitrogens is 2. The molecule has 1 N–H and O–H groups in total. The SMILES string of the molecule is C[C@@H]1CCCCN1CCCNC(=O)c1nc(N2CCCC2)ncc1Cl. The van der Waals surface area contributed by atoms with Crippen LogP contribution < -0.4 is 10.2 Å². The maximum Gasteiger partial charge on any atom is 0.271 e. The van der Waals surface area contributed by atoms with E-state index in [-0.39, 0.29) is 11.6 Å². The molecular formula is C18H28ClN5O. The van der Waals surface area contributed by atoms with E-state index in [0.29, 0.717) is 23.6 Å². The first-order valence-electron chi connectivity index (χ1n) is 9.45. The lowest BCUT2D eigenvalue weighted by atomic mass is 10.0. The normalized spacial score (nSPS) is 21.5. The summed E-state index contributed by atoms with van der Waals surface area (Å²) < 4.78 is 0. The fourth-order valence-corrected chi connectivity index (χ4v) is 3.82. The molecule has 0 saturated carbocycles. The van der Waals surface area contributed by atoms with E-state index in [1.807, 2.05) is 0 Å². The minimum absolute atomic E-state index is 0.209. The molecule has 7 heteroatoms. The van der Waals surface area contributed by atoms with Crippen molar-refractivity contribution < 1.29 is 4.79 Å². The molecule has 0 aromatic carbocycles. The van der Waals surface area contributed by atoms with Crippen molar-refractivity contribution in [2.45, 2.75) is 51.5 Å². The van der Waals surface area contributed by atoms with E-state index in [1.54, 1.807) is 0 Å². The van der Waals surface area contributed by atoms with Crippen LogP contribution in [0.3, 0.4) is 0 Å². The van der Waals surface area contributed by atoms with E-state index >= 15 is 0 Å². The number of rotatable bonds is 6. The van der Waals surface area contributed by atoms with Gasteiger partial charge in [0.05, 0.1) is 11.2 Å². The summed E-state index contributed by atoms with van der Waals surface area (Å²) in [6.45, 7) is 7.01. The predicted octanol–water partition coefficient (Wildman–Crippen LogP) is 2.72. The highest BCUT2D eigenvalue weighted by atomic mass is 35.5. The highest BCUT2D eigenvalue weighted by Gasteiger charge is 2.20. The summed E-state index contributed by atoms with van der Waals surface area (Å²) >= 11 is 6.14. The largest absolute Gasteiger partial charge is 0.351 e. The molecule has 0 radical (unpaired) electrons. The summed E-state index contributed by atoms with van der Waals surface area (Å²) in [7, 11) is 0. The Morgan fingerprint density at radius 2 is 2.04 bits per heavy atom. The second-order valence-corrected chi connectivity index (χ2v) is 7.46. The molecule has 2 fully saturated rings. The molecule has 1 atom stereocenters. The number of carbonyl (C=O) groups is 1. The molecule has 1 aromatic heterocycles. The molecule has 138 valence electrons. The molecule has 2 aliphatic rings. The van der Waals surface area contributed by atoms with Crippen LogP contribution in [0.25, 0.3) is 0 Å². The first-order chi connectivity index (χ1) is 12.1. The molecule has 1 aromatic rings. The molecule has 0 spiro atoms. The van der Waals surface area contributed by atoms with Crippen LogP contribution in [-0.2, 0) is 0 Å². The lowest BCUT2D eigenvalue weighted by Gasteiger charge is -2.33. The van der Waals surface area contributed by atoms with Crippen molar-refractivity contribution in [3.05, 3.63) is 16.9 Å². The van der Waals surface area contributed by atoms with E-state index in [0.717, 1.165) is 38.9 Å². The second-order valence-electron chi connectivity index (χ2n) is 7.05. The molecule has 25 heavy (non-hydrogen) atoms. The van der Waals surface area contributed by atoms with Crippen LogP contribution >= 0.6 is 11.6 Å². The third-order valence-electron chi connectivity index (χ3n) is 5.18. The maximum atomic E-state index is 12.4. The van der Waals surface area contributed by atoms with Crippen molar-refractivity contribution in [3.63, 3.8) is 0 Å². The van der Waals surface area contributed by atoms with Gasteiger partial charge in [0.2, 0.25) is 5.95 Å².